The van der Waals surface area contributed by atoms with Gasteiger partial charge in [-0.05, 0) is 0 Å². The van der Waals surface area contributed by atoms with Crippen LogP contribution in [0.4, 0.5) is 0 Å². The van der Waals surface area contributed by atoms with E-state index in [9.17, 15) is 4.57 Å². The SMILES string of the molecule is O=P1(NCCCl)OCCN1CCCl. The lowest BCUT2D eigenvalue weighted by Crippen LogP contribution is -2.26. The third-order valence-electron chi connectivity index (χ3n) is 1.74. The van der Waals surface area contributed by atoms with Gasteiger partial charge in [0.1, 0.15) is 0 Å². The van der Waals surface area contributed by atoms with Gasteiger partial charge in [0.25, 0.3) is 0 Å². The van der Waals surface area contributed by atoms with E-state index in [0.29, 0.717) is 38.0 Å². The lowest BCUT2D eigenvalue weighted by atomic mass is 10.6. The Morgan fingerprint density at radius 1 is 1.46 bits per heavy atom. The lowest BCUT2D eigenvalue weighted by Gasteiger charge is -2.21. The summed E-state index contributed by atoms with van der Waals surface area (Å²) in [5.74, 6) is 0.873. The first kappa shape index (κ1) is 11.8. The molecule has 0 aromatic rings. The predicted octanol–water partition coefficient (Wildman–Crippen LogP) is 1.49. The fourth-order valence-electron chi connectivity index (χ4n) is 1.15. The van der Waals surface area contributed by atoms with E-state index < -0.39 is 7.67 Å². The monoisotopic (exact) mass is 246 g/mol. The molecule has 1 unspecified atom stereocenters. The predicted molar refractivity (Wildman–Crippen MR) is 54.6 cm³/mol. The van der Waals surface area contributed by atoms with Gasteiger partial charge in [-0.25, -0.2) is 9.76 Å². The second kappa shape index (κ2) is 5.54. The summed E-state index contributed by atoms with van der Waals surface area (Å²) < 4.78 is 18.9. The zero-order valence-corrected chi connectivity index (χ0v) is 9.62. The number of nitrogens with one attached hydrogen (secondary N) is 1. The highest BCUT2D eigenvalue weighted by molar-refractivity contribution is 7.54. The van der Waals surface area contributed by atoms with Crippen LogP contribution >= 0.6 is 30.9 Å². The molecule has 0 saturated carbocycles. The van der Waals surface area contributed by atoms with Crippen LogP contribution in [0, 0.1) is 0 Å². The summed E-state index contributed by atoms with van der Waals surface area (Å²) in [5.41, 5.74) is 0. The summed E-state index contributed by atoms with van der Waals surface area (Å²) in [6.07, 6.45) is 0. The molecule has 0 spiro atoms. The van der Waals surface area contributed by atoms with Crippen molar-refractivity contribution in [1.29, 1.82) is 0 Å². The summed E-state index contributed by atoms with van der Waals surface area (Å²) in [6, 6.07) is 0. The molecule has 0 bridgehead atoms. The van der Waals surface area contributed by atoms with E-state index in [4.69, 9.17) is 27.7 Å². The van der Waals surface area contributed by atoms with Crippen LogP contribution in [0.5, 0.6) is 0 Å². The van der Waals surface area contributed by atoms with Crippen molar-refractivity contribution in [2.75, 3.05) is 38.0 Å². The third kappa shape index (κ3) is 3.08. The van der Waals surface area contributed by atoms with E-state index in [0.717, 1.165) is 0 Å². The first-order valence-corrected chi connectivity index (χ1v) is 6.74. The summed E-state index contributed by atoms with van der Waals surface area (Å²) >= 11 is 11.1. The maximum atomic E-state index is 12.0. The molecule has 1 aliphatic heterocycles. The average molecular weight is 247 g/mol. The van der Waals surface area contributed by atoms with Crippen LogP contribution < -0.4 is 5.09 Å². The smallest absolute Gasteiger partial charge is 0.305 e. The van der Waals surface area contributed by atoms with Gasteiger partial charge >= 0.3 is 7.67 Å². The van der Waals surface area contributed by atoms with Crippen molar-refractivity contribution in [2.45, 2.75) is 0 Å². The maximum absolute atomic E-state index is 12.0. The Hall–Kier alpha value is 0.690. The maximum Gasteiger partial charge on any atom is 0.343 e. The zero-order valence-electron chi connectivity index (χ0n) is 7.21. The molecule has 1 aliphatic rings. The molecule has 1 atom stereocenters. The van der Waals surface area contributed by atoms with Gasteiger partial charge in [0.05, 0.1) is 6.61 Å². The van der Waals surface area contributed by atoms with Crippen molar-refractivity contribution in [3.63, 3.8) is 0 Å². The van der Waals surface area contributed by atoms with E-state index in [1.807, 2.05) is 0 Å². The largest absolute Gasteiger partial charge is 0.343 e. The molecule has 13 heavy (non-hydrogen) atoms. The molecular formula is C6H13Cl2N2O2P. The van der Waals surface area contributed by atoms with Crippen LogP contribution in [0.15, 0.2) is 0 Å². The molecular weight excluding hydrogens is 234 g/mol. The van der Waals surface area contributed by atoms with Gasteiger partial charge in [0, 0.05) is 31.4 Å². The summed E-state index contributed by atoms with van der Waals surface area (Å²) in [4.78, 5) is 0. The first-order valence-electron chi connectivity index (χ1n) is 4.10. The molecule has 1 N–H and O–H groups in total. The van der Waals surface area contributed by atoms with Gasteiger partial charge in [-0.3, -0.25) is 4.57 Å². The Labute approximate surface area is 88.1 Å². The number of alkyl halides is 2. The van der Waals surface area contributed by atoms with Gasteiger partial charge in [-0.1, -0.05) is 0 Å². The zero-order chi connectivity index (χ0) is 9.73. The lowest BCUT2D eigenvalue weighted by molar-refractivity contribution is 0.350. The number of nitrogens with zero attached hydrogens (tertiary/aromatic N) is 1. The first-order chi connectivity index (χ1) is 6.23. The minimum absolute atomic E-state index is 0.419. The van der Waals surface area contributed by atoms with Crippen LogP contribution in [0.1, 0.15) is 0 Å². The molecule has 0 amide bonds. The van der Waals surface area contributed by atoms with Crippen LogP contribution in [0.2, 0.25) is 0 Å². The normalized spacial score (nSPS) is 29.7. The molecule has 4 nitrogen and oxygen atoms in total. The fourth-order valence-corrected chi connectivity index (χ4v) is 3.59. The van der Waals surface area contributed by atoms with Gasteiger partial charge in [-0.2, -0.15) is 0 Å². The number of rotatable bonds is 5. The quantitative estimate of drug-likeness (QED) is 0.590. The number of halogens is 2. The van der Waals surface area contributed by atoms with Crippen LogP contribution in [0.25, 0.3) is 0 Å². The Morgan fingerprint density at radius 3 is 2.85 bits per heavy atom. The highest BCUT2D eigenvalue weighted by Gasteiger charge is 2.36. The Kier molecular flexibility index (Phi) is 5.01. The van der Waals surface area contributed by atoms with Crippen molar-refractivity contribution in [2.24, 2.45) is 0 Å². The Bertz CT molecular complexity index is 205. The van der Waals surface area contributed by atoms with Crippen molar-refractivity contribution in [3.8, 4) is 0 Å². The second-order valence-corrected chi connectivity index (χ2v) is 5.53. The van der Waals surface area contributed by atoms with Crippen molar-refractivity contribution in [3.05, 3.63) is 0 Å². The summed E-state index contributed by atoms with van der Waals surface area (Å²) in [6.45, 7) is 2.22. The average Bonchev–Trinajstić information content (AvgIpc) is 2.46. The second-order valence-electron chi connectivity index (χ2n) is 2.59. The Morgan fingerprint density at radius 2 is 2.23 bits per heavy atom. The highest BCUT2D eigenvalue weighted by Crippen LogP contribution is 2.49. The molecule has 1 fully saturated rings. The van der Waals surface area contributed by atoms with Crippen molar-refractivity contribution >= 4 is 30.9 Å². The van der Waals surface area contributed by atoms with Crippen molar-refractivity contribution < 1.29 is 9.09 Å². The minimum atomic E-state index is -2.80. The van der Waals surface area contributed by atoms with Gasteiger partial charge in [0.15, 0.2) is 0 Å². The molecule has 0 aliphatic carbocycles. The van der Waals surface area contributed by atoms with E-state index in [1.165, 1.54) is 0 Å². The third-order valence-corrected chi connectivity index (χ3v) is 4.40. The minimum Gasteiger partial charge on any atom is -0.305 e. The van der Waals surface area contributed by atoms with Gasteiger partial charge in [-0.15, -0.1) is 23.2 Å². The molecule has 0 aromatic carbocycles. The summed E-state index contributed by atoms with van der Waals surface area (Å²) in [5, 5.41) is 2.81. The van der Waals surface area contributed by atoms with Crippen LogP contribution in [0.3, 0.4) is 0 Å². The van der Waals surface area contributed by atoms with E-state index >= 15 is 0 Å². The molecule has 0 radical (unpaired) electrons. The summed E-state index contributed by atoms with van der Waals surface area (Å²) in [7, 11) is -2.80. The number of hydrogen-bond acceptors (Lipinski definition) is 2. The molecule has 1 heterocycles. The molecule has 1 rings (SSSR count). The van der Waals surface area contributed by atoms with Crippen LogP contribution in [-0.4, -0.2) is 42.7 Å². The standard InChI is InChI=1S/C6H13Cl2N2O2P/c7-1-3-9-13(11)10(4-2-8)5-6-12-13/h1-6H2,(H,9,11). The number of hydrogen-bond donors (Lipinski definition) is 1. The van der Waals surface area contributed by atoms with Crippen LogP contribution in [-0.2, 0) is 9.09 Å². The molecule has 78 valence electrons. The van der Waals surface area contributed by atoms with Crippen molar-refractivity contribution in [1.82, 2.24) is 9.76 Å². The Balaban J connectivity index is 2.48. The van der Waals surface area contributed by atoms with Gasteiger partial charge in [0.2, 0.25) is 0 Å². The van der Waals surface area contributed by atoms with E-state index in [2.05, 4.69) is 5.09 Å². The highest BCUT2D eigenvalue weighted by atomic mass is 35.5. The molecule has 0 aromatic heterocycles. The van der Waals surface area contributed by atoms with E-state index in [-0.39, 0.29) is 0 Å². The van der Waals surface area contributed by atoms with E-state index in [1.54, 1.807) is 4.67 Å². The molecule has 1 saturated heterocycles. The molecule has 7 heteroatoms. The fraction of sp³-hybridized carbons (Fsp3) is 1.00. The topological polar surface area (TPSA) is 41.6 Å². The van der Waals surface area contributed by atoms with Gasteiger partial charge < -0.3 is 4.52 Å².